The van der Waals surface area contributed by atoms with Crippen LogP contribution in [0.15, 0.2) is 18.0 Å². The van der Waals surface area contributed by atoms with Crippen LogP contribution in [-0.4, -0.2) is 15.6 Å². The molecule has 5 rings (SSSR count). The van der Waals surface area contributed by atoms with E-state index in [0.29, 0.717) is 17.1 Å². The van der Waals surface area contributed by atoms with Crippen molar-refractivity contribution >= 4 is 11.9 Å². The molecule has 0 amide bonds. The number of hydrogen-bond acceptors (Lipinski definition) is 2. The molecule has 6 atom stereocenters. The van der Waals surface area contributed by atoms with Crippen LogP contribution in [0.3, 0.4) is 0 Å². The summed E-state index contributed by atoms with van der Waals surface area (Å²) in [6.45, 7) is 7.88. The molecule has 0 aromatic carbocycles. The SMILES string of the molecule is CCn1cc(/C=C2/CC3C4CCC5CCCCC5(C)C4CCC3(C)C2=O)cn1. The van der Waals surface area contributed by atoms with Gasteiger partial charge in [-0.15, -0.1) is 0 Å². The van der Waals surface area contributed by atoms with Gasteiger partial charge in [-0.25, -0.2) is 0 Å². The molecule has 0 radical (unpaired) electrons. The number of allylic oxidation sites excluding steroid dienone is 1. The summed E-state index contributed by atoms with van der Waals surface area (Å²) >= 11 is 0. The van der Waals surface area contributed by atoms with E-state index in [1.54, 1.807) is 0 Å². The average molecular weight is 381 g/mol. The van der Waals surface area contributed by atoms with Gasteiger partial charge in [0.1, 0.15) is 0 Å². The smallest absolute Gasteiger partial charge is 0.165 e. The molecule has 1 aromatic heterocycles. The molecule has 1 heterocycles. The third-order valence-electron chi connectivity index (χ3n) is 9.54. The highest BCUT2D eigenvalue weighted by molar-refractivity contribution is 6.05. The summed E-state index contributed by atoms with van der Waals surface area (Å²) in [6, 6.07) is 0. The number of ketones is 1. The van der Waals surface area contributed by atoms with Crippen LogP contribution in [0.4, 0.5) is 0 Å². The van der Waals surface area contributed by atoms with E-state index in [1.165, 1.54) is 44.9 Å². The van der Waals surface area contributed by atoms with E-state index in [2.05, 4.69) is 38.1 Å². The van der Waals surface area contributed by atoms with Gasteiger partial charge in [-0.3, -0.25) is 9.48 Å². The average Bonchev–Trinajstić information content (AvgIpc) is 3.25. The summed E-state index contributed by atoms with van der Waals surface area (Å²) < 4.78 is 1.95. The molecular weight excluding hydrogens is 344 g/mol. The minimum absolute atomic E-state index is 0.119. The monoisotopic (exact) mass is 380 g/mol. The number of carbonyl (C=O) groups excluding carboxylic acids is 1. The van der Waals surface area contributed by atoms with Gasteiger partial charge in [0.05, 0.1) is 6.20 Å². The molecule has 1 aromatic rings. The Labute approximate surface area is 170 Å². The van der Waals surface area contributed by atoms with Crippen LogP contribution in [-0.2, 0) is 11.3 Å². The van der Waals surface area contributed by atoms with Crippen LogP contribution in [0.25, 0.3) is 6.08 Å². The number of Topliss-reactive ketones (excluding diaryl/α,β-unsaturated/α-hetero) is 1. The predicted molar refractivity (Wildman–Crippen MR) is 113 cm³/mol. The molecule has 152 valence electrons. The first-order valence-corrected chi connectivity index (χ1v) is 11.7. The molecule has 3 heteroatoms. The van der Waals surface area contributed by atoms with Gasteiger partial charge in [-0.05, 0) is 92.6 Å². The Morgan fingerprint density at radius 3 is 2.79 bits per heavy atom. The molecule has 0 spiro atoms. The van der Waals surface area contributed by atoms with E-state index in [0.717, 1.165) is 48.3 Å². The summed E-state index contributed by atoms with van der Waals surface area (Å²) in [6.07, 6.45) is 18.0. The Kier molecular flexibility index (Phi) is 4.37. The lowest BCUT2D eigenvalue weighted by Crippen LogP contribution is -2.52. The normalized spacial score (nSPS) is 44.2. The van der Waals surface area contributed by atoms with Crippen LogP contribution in [0.5, 0.6) is 0 Å². The number of nitrogens with zero attached hydrogens (tertiary/aromatic N) is 2. The van der Waals surface area contributed by atoms with E-state index in [4.69, 9.17) is 0 Å². The van der Waals surface area contributed by atoms with Crippen molar-refractivity contribution in [2.45, 2.75) is 85.1 Å². The second kappa shape index (κ2) is 6.57. The van der Waals surface area contributed by atoms with Crippen LogP contribution in [0.1, 0.15) is 84.1 Å². The third kappa shape index (κ3) is 2.60. The Hall–Kier alpha value is -1.38. The van der Waals surface area contributed by atoms with E-state index >= 15 is 0 Å². The Balaban J connectivity index is 1.45. The summed E-state index contributed by atoms with van der Waals surface area (Å²) in [4.78, 5) is 13.5. The van der Waals surface area contributed by atoms with E-state index in [9.17, 15) is 4.79 Å². The Bertz CT molecular complexity index is 807. The van der Waals surface area contributed by atoms with Crippen molar-refractivity contribution in [2.75, 3.05) is 0 Å². The second-order valence-electron chi connectivity index (χ2n) is 10.7. The lowest BCUT2D eigenvalue weighted by atomic mass is 9.45. The zero-order chi connectivity index (χ0) is 19.5. The first-order chi connectivity index (χ1) is 13.5. The molecule has 4 saturated carbocycles. The summed E-state index contributed by atoms with van der Waals surface area (Å²) in [5.74, 6) is 3.55. The quantitative estimate of drug-likeness (QED) is 0.599. The number of aryl methyl sites for hydroxylation is 1. The van der Waals surface area contributed by atoms with Crippen LogP contribution < -0.4 is 0 Å². The van der Waals surface area contributed by atoms with Gasteiger partial charge in [0.25, 0.3) is 0 Å². The molecule has 0 N–H and O–H groups in total. The van der Waals surface area contributed by atoms with Crippen molar-refractivity contribution in [2.24, 2.45) is 34.5 Å². The minimum atomic E-state index is -0.119. The number of carbonyl (C=O) groups is 1. The molecular formula is C25H36N2O. The number of hydrogen-bond donors (Lipinski definition) is 0. The van der Waals surface area contributed by atoms with Crippen molar-refractivity contribution < 1.29 is 4.79 Å². The van der Waals surface area contributed by atoms with Crippen molar-refractivity contribution in [3.05, 3.63) is 23.5 Å². The predicted octanol–water partition coefficient (Wildman–Crippen LogP) is 5.90. The van der Waals surface area contributed by atoms with Gasteiger partial charge in [0.15, 0.2) is 5.78 Å². The fourth-order valence-corrected chi connectivity index (χ4v) is 7.92. The van der Waals surface area contributed by atoms with Gasteiger partial charge in [0, 0.05) is 23.7 Å². The maximum Gasteiger partial charge on any atom is 0.165 e. The van der Waals surface area contributed by atoms with Gasteiger partial charge in [0.2, 0.25) is 0 Å². The van der Waals surface area contributed by atoms with Gasteiger partial charge in [-0.2, -0.15) is 5.10 Å². The fraction of sp³-hybridized carbons (Fsp3) is 0.760. The first kappa shape index (κ1) is 18.6. The minimum Gasteiger partial charge on any atom is -0.294 e. The lowest BCUT2D eigenvalue weighted by Gasteiger charge is -2.59. The van der Waals surface area contributed by atoms with Crippen molar-refractivity contribution in [1.82, 2.24) is 9.78 Å². The molecule has 4 aliphatic rings. The van der Waals surface area contributed by atoms with E-state index in [1.807, 2.05) is 10.9 Å². The highest BCUT2D eigenvalue weighted by Crippen LogP contribution is 2.66. The molecule has 4 fully saturated rings. The van der Waals surface area contributed by atoms with Gasteiger partial charge in [-0.1, -0.05) is 26.7 Å². The Morgan fingerprint density at radius 1 is 1.14 bits per heavy atom. The van der Waals surface area contributed by atoms with Gasteiger partial charge < -0.3 is 0 Å². The van der Waals surface area contributed by atoms with E-state index in [-0.39, 0.29) is 5.41 Å². The van der Waals surface area contributed by atoms with Crippen molar-refractivity contribution in [3.63, 3.8) is 0 Å². The number of aromatic nitrogens is 2. The second-order valence-corrected chi connectivity index (χ2v) is 10.7. The topological polar surface area (TPSA) is 34.9 Å². The molecule has 3 nitrogen and oxygen atoms in total. The summed E-state index contributed by atoms with van der Waals surface area (Å²) in [5, 5.41) is 4.39. The largest absolute Gasteiger partial charge is 0.294 e. The molecule has 4 aliphatic carbocycles. The summed E-state index contributed by atoms with van der Waals surface area (Å²) in [7, 11) is 0. The van der Waals surface area contributed by atoms with Gasteiger partial charge >= 0.3 is 0 Å². The molecule has 0 saturated heterocycles. The highest BCUT2D eigenvalue weighted by Gasteiger charge is 2.60. The number of rotatable bonds is 2. The molecule has 6 unspecified atom stereocenters. The summed E-state index contributed by atoms with van der Waals surface area (Å²) in [5.41, 5.74) is 2.58. The maximum absolute atomic E-state index is 13.5. The highest BCUT2D eigenvalue weighted by atomic mass is 16.1. The standard InChI is InChI=1S/C25H36N2O/c1-4-27-16-17(15-26-27)13-18-14-22-20-9-8-19-7-5-6-11-24(19,2)21(20)10-12-25(22,3)23(18)28/h13,15-16,19-22H,4-12,14H2,1-3H3/b18-13-. The van der Waals surface area contributed by atoms with Crippen LogP contribution in [0, 0.1) is 34.5 Å². The zero-order valence-electron chi connectivity index (χ0n) is 17.9. The van der Waals surface area contributed by atoms with Crippen LogP contribution in [0.2, 0.25) is 0 Å². The molecule has 28 heavy (non-hydrogen) atoms. The van der Waals surface area contributed by atoms with Crippen LogP contribution >= 0.6 is 0 Å². The van der Waals surface area contributed by atoms with Crippen molar-refractivity contribution in [1.29, 1.82) is 0 Å². The number of fused-ring (bicyclic) bond motifs is 5. The third-order valence-corrected chi connectivity index (χ3v) is 9.54. The fourth-order valence-electron chi connectivity index (χ4n) is 7.92. The van der Waals surface area contributed by atoms with Crippen molar-refractivity contribution in [3.8, 4) is 0 Å². The Morgan fingerprint density at radius 2 is 2.00 bits per heavy atom. The molecule has 0 aliphatic heterocycles. The maximum atomic E-state index is 13.5. The molecule has 0 bridgehead atoms. The lowest BCUT2D eigenvalue weighted by molar-refractivity contribution is -0.137. The van der Waals surface area contributed by atoms with E-state index < -0.39 is 0 Å². The first-order valence-electron chi connectivity index (χ1n) is 11.7. The zero-order valence-corrected chi connectivity index (χ0v) is 17.9.